The minimum Gasteiger partial charge on any atom is -0.465 e. The maximum Gasteiger partial charge on any atom is 0.409 e. The molecule has 170 valence electrons. The maximum atomic E-state index is 13.6. The first-order valence-corrected chi connectivity index (χ1v) is 9.64. The minimum absolute atomic E-state index is 0.158. The van der Waals surface area contributed by atoms with Gasteiger partial charge in [0.1, 0.15) is 6.10 Å². The van der Waals surface area contributed by atoms with Gasteiger partial charge in [-0.25, -0.2) is 4.79 Å². The molecule has 31 heavy (non-hydrogen) atoms. The average Bonchev–Trinajstić information content (AvgIpc) is 3.03. The molecule has 0 bridgehead atoms. The summed E-state index contributed by atoms with van der Waals surface area (Å²) in [6.45, 7) is 3.61. The fourth-order valence-corrected chi connectivity index (χ4v) is 3.39. The molecule has 0 spiro atoms. The number of rotatable bonds is 7. The Hall–Kier alpha value is -2.88. The van der Waals surface area contributed by atoms with Crippen LogP contribution in [0.3, 0.4) is 0 Å². The van der Waals surface area contributed by atoms with E-state index in [-0.39, 0.29) is 31.5 Å². The number of benzene rings is 1. The van der Waals surface area contributed by atoms with Crippen LogP contribution in [0, 0.1) is 5.41 Å². The summed E-state index contributed by atoms with van der Waals surface area (Å²) in [5.74, 6) is -3.96. The van der Waals surface area contributed by atoms with E-state index >= 15 is 0 Å². The minimum atomic E-state index is -4.94. The Kier molecular flexibility index (Phi) is 7.83. The third kappa shape index (κ3) is 4.90. The fraction of sp³-hybridized carbons (Fsp3) is 0.476. The van der Waals surface area contributed by atoms with Crippen LogP contribution in [0.1, 0.15) is 32.4 Å². The van der Waals surface area contributed by atoms with Gasteiger partial charge in [-0.1, -0.05) is 30.3 Å². The van der Waals surface area contributed by atoms with Gasteiger partial charge in [-0.3, -0.25) is 9.59 Å². The second-order valence-corrected chi connectivity index (χ2v) is 6.45. The van der Waals surface area contributed by atoms with Crippen molar-refractivity contribution in [3.63, 3.8) is 0 Å². The van der Waals surface area contributed by atoms with Crippen LogP contribution in [0.15, 0.2) is 42.0 Å². The van der Waals surface area contributed by atoms with Crippen molar-refractivity contribution in [1.29, 1.82) is 0 Å². The Morgan fingerprint density at radius 3 is 1.94 bits per heavy atom. The van der Waals surface area contributed by atoms with Gasteiger partial charge in [0.25, 0.3) is 0 Å². The zero-order chi connectivity index (χ0) is 23.2. The molecule has 1 fully saturated rings. The Morgan fingerprint density at radius 1 is 0.968 bits per heavy atom. The van der Waals surface area contributed by atoms with Crippen molar-refractivity contribution >= 4 is 17.9 Å². The van der Waals surface area contributed by atoms with E-state index in [1.165, 1.54) is 45.0 Å². The Bertz CT molecular complexity index is 815. The highest BCUT2D eigenvalue weighted by Gasteiger charge is 2.69. The van der Waals surface area contributed by atoms with Crippen LogP contribution in [-0.4, -0.2) is 50.0 Å². The first-order chi connectivity index (χ1) is 14.6. The second-order valence-electron chi connectivity index (χ2n) is 6.45. The summed E-state index contributed by atoms with van der Waals surface area (Å²) < 4.78 is 61.1. The zero-order valence-electron chi connectivity index (χ0n) is 17.2. The normalized spacial score (nSPS) is 21.5. The summed E-state index contributed by atoms with van der Waals surface area (Å²) >= 11 is 0. The molecule has 2 atom stereocenters. The molecule has 1 aromatic rings. The number of ether oxygens (including phenoxy) is 4. The lowest BCUT2D eigenvalue weighted by Gasteiger charge is -2.29. The highest BCUT2D eigenvalue weighted by molar-refractivity contribution is 6.09. The van der Waals surface area contributed by atoms with Crippen LogP contribution in [-0.2, 0) is 33.3 Å². The number of carbonyl (C=O) groups is 3. The van der Waals surface area contributed by atoms with Gasteiger partial charge in [0.2, 0.25) is 5.41 Å². The molecule has 0 radical (unpaired) electrons. The summed E-state index contributed by atoms with van der Waals surface area (Å²) in [7, 11) is 0. The molecule has 2 rings (SSSR count). The molecule has 1 aliphatic heterocycles. The lowest BCUT2D eigenvalue weighted by Crippen LogP contribution is -2.53. The molecule has 0 aliphatic carbocycles. The standard InChI is InChI=1S/C21H23F3O7/c1-4-28-17(25)16-21(18(26)29-5-2,19(27)30-6-3)14(12-20(22,23)24)15(31-16)13-10-8-7-9-11-13/h7-12,15-16H,4-6H2,1-3H3/b14-12+. The van der Waals surface area contributed by atoms with Gasteiger partial charge >= 0.3 is 24.1 Å². The second kappa shape index (κ2) is 9.95. The number of halogens is 3. The third-order valence-electron chi connectivity index (χ3n) is 4.52. The van der Waals surface area contributed by atoms with E-state index in [4.69, 9.17) is 18.9 Å². The van der Waals surface area contributed by atoms with E-state index in [0.717, 1.165) is 0 Å². The van der Waals surface area contributed by atoms with Crippen LogP contribution in [0.5, 0.6) is 0 Å². The number of allylic oxidation sites excluding steroid dienone is 1. The Labute approximate surface area is 177 Å². The van der Waals surface area contributed by atoms with Gasteiger partial charge in [-0.15, -0.1) is 0 Å². The number of hydrogen-bond acceptors (Lipinski definition) is 7. The summed E-state index contributed by atoms with van der Waals surface area (Å²) in [5.41, 5.74) is -3.43. The summed E-state index contributed by atoms with van der Waals surface area (Å²) in [6, 6.07) is 7.60. The molecule has 7 nitrogen and oxygen atoms in total. The van der Waals surface area contributed by atoms with Crippen LogP contribution < -0.4 is 0 Å². The van der Waals surface area contributed by atoms with Crippen molar-refractivity contribution in [2.24, 2.45) is 5.41 Å². The molecular weight excluding hydrogens is 421 g/mol. The molecule has 2 unspecified atom stereocenters. The Balaban J connectivity index is 2.86. The predicted molar refractivity (Wildman–Crippen MR) is 101 cm³/mol. The SMILES string of the molecule is CCOC(=O)C1OC(c2ccccc2)/C(=C\C(F)(F)F)C1(C(=O)OCC)C(=O)OCC. The quantitative estimate of drug-likeness (QED) is 0.276. The maximum absolute atomic E-state index is 13.6. The van der Waals surface area contributed by atoms with Crippen molar-refractivity contribution in [3.8, 4) is 0 Å². The molecule has 1 aromatic carbocycles. The molecular formula is C21H23F3O7. The fourth-order valence-electron chi connectivity index (χ4n) is 3.39. The first-order valence-electron chi connectivity index (χ1n) is 9.64. The van der Waals surface area contributed by atoms with Gasteiger partial charge in [0.05, 0.1) is 19.8 Å². The predicted octanol–water partition coefficient (Wildman–Crippen LogP) is 3.29. The number of hydrogen-bond donors (Lipinski definition) is 0. The first kappa shape index (κ1) is 24.4. The van der Waals surface area contributed by atoms with Crippen molar-refractivity contribution in [1.82, 2.24) is 0 Å². The number of alkyl halides is 3. The molecule has 0 saturated carbocycles. The molecule has 1 saturated heterocycles. The molecule has 1 heterocycles. The molecule has 0 amide bonds. The summed E-state index contributed by atoms with van der Waals surface area (Å²) in [4.78, 5) is 38.8. The average molecular weight is 444 g/mol. The lowest BCUT2D eigenvalue weighted by molar-refractivity contribution is -0.183. The summed E-state index contributed by atoms with van der Waals surface area (Å²) in [6.07, 6.45) is -8.74. The van der Waals surface area contributed by atoms with E-state index in [9.17, 15) is 27.6 Å². The van der Waals surface area contributed by atoms with E-state index in [1.807, 2.05) is 0 Å². The van der Waals surface area contributed by atoms with Crippen molar-refractivity contribution < 1.29 is 46.5 Å². The molecule has 0 aromatic heterocycles. The molecule has 1 aliphatic rings. The van der Waals surface area contributed by atoms with Crippen molar-refractivity contribution in [3.05, 3.63) is 47.5 Å². The van der Waals surface area contributed by atoms with Gasteiger partial charge in [0.15, 0.2) is 6.10 Å². The third-order valence-corrected chi connectivity index (χ3v) is 4.52. The number of esters is 3. The van der Waals surface area contributed by atoms with E-state index in [0.29, 0.717) is 0 Å². The molecule has 10 heteroatoms. The zero-order valence-corrected chi connectivity index (χ0v) is 17.2. The topological polar surface area (TPSA) is 88.1 Å². The molecule has 0 N–H and O–H groups in total. The highest BCUT2D eigenvalue weighted by atomic mass is 19.4. The van der Waals surface area contributed by atoms with E-state index in [2.05, 4.69) is 0 Å². The van der Waals surface area contributed by atoms with Crippen molar-refractivity contribution in [2.45, 2.75) is 39.2 Å². The lowest BCUT2D eigenvalue weighted by atomic mass is 9.74. The largest absolute Gasteiger partial charge is 0.465 e. The van der Waals surface area contributed by atoms with Gasteiger partial charge in [-0.2, -0.15) is 13.2 Å². The van der Waals surface area contributed by atoms with Gasteiger partial charge in [-0.05, 0) is 31.9 Å². The smallest absolute Gasteiger partial charge is 0.409 e. The van der Waals surface area contributed by atoms with Crippen LogP contribution >= 0.6 is 0 Å². The van der Waals surface area contributed by atoms with E-state index in [1.54, 1.807) is 6.07 Å². The van der Waals surface area contributed by atoms with Crippen LogP contribution in [0.25, 0.3) is 0 Å². The van der Waals surface area contributed by atoms with Crippen molar-refractivity contribution in [2.75, 3.05) is 19.8 Å². The van der Waals surface area contributed by atoms with Crippen LogP contribution in [0.2, 0.25) is 0 Å². The highest BCUT2D eigenvalue weighted by Crippen LogP contribution is 2.53. The monoisotopic (exact) mass is 444 g/mol. The summed E-state index contributed by atoms with van der Waals surface area (Å²) in [5, 5.41) is 0. The van der Waals surface area contributed by atoms with Gasteiger partial charge in [0, 0.05) is 6.08 Å². The number of carbonyl (C=O) groups excluding carboxylic acids is 3. The van der Waals surface area contributed by atoms with Crippen LogP contribution in [0.4, 0.5) is 13.2 Å². The van der Waals surface area contributed by atoms with E-state index < -0.39 is 47.3 Å². The Morgan fingerprint density at radius 2 is 1.48 bits per heavy atom. The van der Waals surface area contributed by atoms with Gasteiger partial charge < -0.3 is 18.9 Å².